The van der Waals surface area contributed by atoms with Gasteiger partial charge in [0.1, 0.15) is 0 Å². The Balaban J connectivity index is 1.69. The number of hydrogen-bond acceptors (Lipinski definition) is 4. The molecule has 2 N–H and O–H groups in total. The molecular weight excluding hydrogens is 410 g/mol. The van der Waals surface area contributed by atoms with Gasteiger partial charge in [0.2, 0.25) is 10.0 Å². The minimum atomic E-state index is -3.53. The summed E-state index contributed by atoms with van der Waals surface area (Å²) >= 11 is 0. The molecule has 1 aliphatic heterocycles. The quantitative estimate of drug-likeness (QED) is 0.482. The molecule has 31 heavy (non-hydrogen) atoms. The molecule has 2 aromatic carbocycles. The Bertz CT molecular complexity index is 955. The van der Waals surface area contributed by atoms with E-state index >= 15 is 0 Å². The maximum atomic E-state index is 13.2. The van der Waals surface area contributed by atoms with E-state index in [-0.39, 0.29) is 0 Å². The summed E-state index contributed by atoms with van der Waals surface area (Å²) < 4.78 is 28.1. The second kappa shape index (κ2) is 11.3. The van der Waals surface area contributed by atoms with Crippen LogP contribution in [0, 0.1) is 0 Å². The maximum absolute atomic E-state index is 13.2. The van der Waals surface area contributed by atoms with Crippen LogP contribution in [0.2, 0.25) is 0 Å². The van der Waals surface area contributed by atoms with Crippen molar-refractivity contribution in [3.05, 3.63) is 65.7 Å². The first-order chi connectivity index (χ1) is 15.0. The summed E-state index contributed by atoms with van der Waals surface area (Å²) in [5.74, 6) is 0.685. The maximum Gasteiger partial charge on any atom is 0.243 e. The lowest BCUT2D eigenvalue weighted by Crippen LogP contribution is -2.47. The summed E-state index contributed by atoms with van der Waals surface area (Å²) in [6.45, 7) is 6.31. The van der Waals surface area contributed by atoms with Crippen LogP contribution in [0.3, 0.4) is 0 Å². The third kappa shape index (κ3) is 6.53. The molecule has 0 spiro atoms. The Hall–Kier alpha value is -2.42. The SMILES string of the molecule is CCNC(=NCc1ccccc1S(=O)(=O)N1CCN(C)CC1)NCCc1ccccc1. The van der Waals surface area contributed by atoms with Gasteiger partial charge in [-0.3, -0.25) is 0 Å². The molecule has 3 rings (SSSR count). The molecule has 0 saturated carbocycles. The van der Waals surface area contributed by atoms with Crippen LogP contribution >= 0.6 is 0 Å². The summed E-state index contributed by atoms with van der Waals surface area (Å²) in [5.41, 5.74) is 1.97. The van der Waals surface area contributed by atoms with E-state index in [1.165, 1.54) is 5.56 Å². The van der Waals surface area contributed by atoms with E-state index in [9.17, 15) is 8.42 Å². The lowest BCUT2D eigenvalue weighted by atomic mass is 10.1. The Labute approximate surface area is 186 Å². The number of likely N-dealkylation sites (N-methyl/N-ethyl adjacent to an activating group) is 1. The predicted molar refractivity (Wildman–Crippen MR) is 126 cm³/mol. The van der Waals surface area contributed by atoms with Crippen molar-refractivity contribution in [2.75, 3.05) is 46.3 Å². The van der Waals surface area contributed by atoms with E-state index in [2.05, 4.69) is 32.7 Å². The molecule has 1 saturated heterocycles. The average Bonchev–Trinajstić information content (AvgIpc) is 2.78. The Morgan fingerprint density at radius 1 is 0.968 bits per heavy atom. The summed E-state index contributed by atoms with van der Waals surface area (Å²) in [6.07, 6.45) is 0.889. The van der Waals surface area contributed by atoms with Crippen LogP contribution in [0.15, 0.2) is 64.5 Å². The van der Waals surface area contributed by atoms with Crippen molar-refractivity contribution in [1.29, 1.82) is 0 Å². The second-order valence-corrected chi connectivity index (χ2v) is 9.58. The number of sulfonamides is 1. The third-order valence-corrected chi connectivity index (χ3v) is 7.35. The minimum absolute atomic E-state index is 0.295. The van der Waals surface area contributed by atoms with E-state index in [4.69, 9.17) is 0 Å². The fourth-order valence-corrected chi connectivity index (χ4v) is 5.17. The lowest BCUT2D eigenvalue weighted by Gasteiger charge is -2.32. The van der Waals surface area contributed by atoms with E-state index < -0.39 is 10.0 Å². The molecule has 1 heterocycles. The monoisotopic (exact) mass is 443 g/mol. The topological polar surface area (TPSA) is 77.0 Å². The highest BCUT2D eigenvalue weighted by atomic mass is 32.2. The number of piperazine rings is 1. The first-order valence-electron chi connectivity index (χ1n) is 10.8. The van der Waals surface area contributed by atoms with Gasteiger partial charge in [-0.05, 0) is 37.6 Å². The molecule has 1 aliphatic rings. The summed E-state index contributed by atoms with van der Waals surface area (Å²) in [7, 11) is -1.52. The molecule has 0 aromatic heterocycles. The van der Waals surface area contributed by atoms with Crippen molar-refractivity contribution in [3.8, 4) is 0 Å². The number of guanidine groups is 1. The average molecular weight is 444 g/mol. The Kier molecular flexibility index (Phi) is 8.45. The van der Waals surface area contributed by atoms with Crippen LogP contribution in [0.5, 0.6) is 0 Å². The number of rotatable bonds is 8. The van der Waals surface area contributed by atoms with Crippen LogP contribution in [0.1, 0.15) is 18.1 Å². The number of nitrogens with zero attached hydrogens (tertiary/aromatic N) is 3. The van der Waals surface area contributed by atoms with Gasteiger partial charge in [-0.15, -0.1) is 0 Å². The van der Waals surface area contributed by atoms with Crippen molar-refractivity contribution in [2.45, 2.75) is 24.8 Å². The van der Waals surface area contributed by atoms with Crippen LogP contribution < -0.4 is 10.6 Å². The number of nitrogens with one attached hydrogen (secondary N) is 2. The van der Waals surface area contributed by atoms with Gasteiger partial charge in [0.25, 0.3) is 0 Å². The highest BCUT2D eigenvalue weighted by Crippen LogP contribution is 2.22. The van der Waals surface area contributed by atoms with Crippen molar-refractivity contribution in [3.63, 3.8) is 0 Å². The molecule has 0 atom stereocenters. The molecule has 1 fully saturated rings. The molecule has 168 valence electrons. The van der Waals surface area contributed by atoms with Crippen molar-refractivity contribution >= 4 is 16.0 Å². The lowest BCUT2D eigenvalue weighted by molar-refractivity contribution is 0.222. The van der Waals surface area contributed by atoms with Gasteiger partial charge in [-0.25, -0.2) is 13.4 Å². The summed E-state index contributed by atoms with van der Waals surface area (Å²) in [6, 6.07) is 17.5. The molecule has 0 radical (unpaired) electrons. The zero-order chi connectivity index (χ0) is 22.1. The fourth-order valence-electron chi connectivity index (χ4n) is 3.53. The van der Waals surface area contributed by atoms with E-state index in [1.54, 1.807) is 16.4 Å². The Morgan fingerprint density at radius 3 is 2.35 bits per heavy atom. The van der Waals surface area contributed by atoms with Crippen molar-refractivity contribution < 1.29 is 8.42 Å². The van der Waals surface area contributed by atoms with Crippen LogP contribution in [0.25, 0.3) is 0 Å². The zero-order valence-corrected chi connectivity index (χ0v) is 19.2. The molecule has 0 bridgehead atoms. The van der Waals surface area contributed by atoms with Gasteiger partial charge >= 0.3 is 0 Å². The molecule has 0 aliphatic carbocycles. The van der Waals surface area contributed by atoms with Gasteiger partial charge in [-0.1, -0.05) is 48.5 Å². The highest BCUT2D eigenvalue weighted by Gasteiger charge is 2.29. The van der Waals surface area contributed by atoms with Crippen molar-refractivity contribution in [1.82, 2.24) is 19.8 Å². The van der Waals surface area contributed by atoms with Gasteiger partial charge in [0.05, 0.1) is 11.4 Å². The van der Waals surface area contributed by atoms with Crippen molar-refractivity contribution in [2.24, 2.45) is 4.99 Å². The first kappa shape index (κ1) is 23.2. The van der Waals surface area contributed by atoms with Gasteiger partial charge in [0.15, 0.2) is 5.96 Å². The molecule has 7 nitrogen and oxygen atoms in total. The first-order valence-corrected chi connectivity index (χ1v) is 12.3. The van der Waals surface area contributed by atoms with Gasteiger partial charge in [0, 0.05) is 39.3 Å². The largest absolute Gasteiger partial charge is 0.357 e. The predicted octanol–water partition coefficient (Wildman–Crippen LogP) is 1.92. The summed E-state index contributed by atoms with van der Waals surface area (Å²) in [5, 5.41) is 6.58. The minimum Gasteiger partial charge on any atom is -0.357 e. The number of aliphatic imine (C=N–C) groups is 1. The number of hydrogen-bond donors (Lipinski definition) is 2. The summed E-state index contributed by atoms with van der Waals surface area (Å²) in [4.78, 5) is 7.14. The molecule has 8 heteroatoms. The van der Waals surface area contributed by atoms with Gasteiger partial charge < -0.3 is 15.5 Å². The molecule has 2 aromatic rings. The highest BCUT2D eigenvalue weighted by molar-refractivity contribution is 7.89. The fraction of sp³-hybridized carbons (Fsp3) is 0.435. The molecule has 0 amide bonds. The standard InChI is InChI=1S/C23H33N5O2S/c1-3-24-23(25-14-13-20-9-5-4-6-10-20)26-19-21-11-7-8-12-22(21)31(29,30)28-17-15-27(2)16-18-28/h4-12H,3,13-19H2,1-2H3,(H2,24,25,26). The molecule has 0 unspecified atom stereocenters. The normalized spacial score (nSPS) is 16.3. The van der Waals surface area contributed by atoms with E-state index in [1.807, 2.05) is 44.3 Å². The van der Waals surface area contributed by atoms with E-state index in [0.717, 1.165) is 32.6 Å². The van der Waals surface area contributed by atoms with Crippen LogP contribution in [-0.4, -0.2) is 69.9 Å². The smallest absolute Gasteiger partial charge is 0.243 e. The second-order valence-electron chi connectivity index (χ2n) is 7.67. The van der Waals surface area contributed by atoms with Crippen LogP contribution in [-0.2, 0) is 23.0 Å². The molecular formula is C23H33N5O2S. The zero-order valence-electron chi connectivity index (χ0n) is 18.4. The Morgan fingerprint density at radius 2 is 1.65 bits per heavy atom. The third-order valence-electron chi connectivity index (χ3n) is 5.35. The van der Waals surface area contributed by atoms with E-state index in [0.29, 0.717) is 36.1 Å². The van der Waals surface area contributed by atoms with Crippen LogP contribution in [0.4, 0.5) is 0 Å². The number of benzene rings is 2. The van der Waals surface area contributed by atoms with Gasteiger partial charge in [-0.2, -0.15) is 4.31 Å².